The van der Waals surface area contributed by atoms with Crippen LogP contribution in [0.2, 0.25) is 0 Å². The number of aliphatic hydroxyl groups is 1. The molecule has 1 aliphatic heterocycles. The van der Waals surface area contributed by atoms with Crippen LogP contribution < -0.4 is 25.4 Å². The number of rotatable bonds is 12. The fourth-order valence-corrected chi connectivity index (χ4v) is 8.85. The third kappa shape index (κ3) is 8.16. The van der Waals surface area contributed by atoms with E-state index in [-0.39, 0.29) is 41.0 Å². The van der Waals surface area contributed by atoms with E-state index >= 15 is 0 Å². The molecule has 7 rings (SSSR count). The molecule has 296 valence electrons. The zero-order valence-electron chi connectivity index (χ0n) is 32.4. The highest BCUT2D eigenvalue weighted by atomic mass is 127. The Labute approximate surface area is 341 Å². The van der Waals surface area contributed by atoms with Gasteiger partial charge in [0.1, 0.15) is 23.6 Å². The second-order valence-electron chi connectivity index (χ2n) is 16.0. The molecule has 4 aromatic rings. The fraction of sp³-hybridized carbons (Fsp3) is 0.442. The summed E-state index contributed by atoms with van der Waals surface area (Å²) < 4.78 is 17.5. The predicted octanol–water partition coefficient (Wildman–Crippen LogP) is 5.73. The number of carbonyl (C=O) groups excluding carboxylic acids is 3. The number of pyridine rings is 1. The molecule has 56 heavy (non-hydrogen) atoms. The molecule has 2 fully saturated rings. The molecule has 1 saturated carbocycles. The molecule has 2 aliphatic carbocycles. The number of methoxy groups -OCH3 is 1. The number of fused-ring (bicyclic) bond motifs is 2. The van der Waals surface area contributed by atoms with E-state index in [1.807, 2.05) is 99.6 Å². The van der Waals surface area contributed by atoms with Crippen LogP contribution in [0, 0.1) is 5.41 Å². The second-order valence-corrected chi connectivity index (χ2v) is 17.5. The molecule has 12 nitrogen and oxygen atoms in total. The minimum absolute atomic E-state index is 0.115. The van der Waals surface area contributed by atoms with E-state index in [4.69, 9.17) is 19.2 Å². The van der Waals surface area contributed by atoms with Crippen LogP contribution in [0.4, 0.5) is 4.79 Å². The number of likely N-dealkylation sites (tertiary alicyclic amines) is 1. The van der Waals surface area contributed by atoms with Gasteiger partial charge in [-0.25, -0.2) is 14.6 Å². The van der Waals surface area contributed by atoms with Crippen LogP contribution in [0.5, 0.6) is 11.5 Å². The Hall–Kier alpha value is -4.47. The van der Waals surface area contributed by atoms with Crippen molar-refractivity contribution in [1.82, 2.24) is 25.8 Å². The molecule has 0 unspecified atom stereocenters. The Kier molecular flexibility index (Phi) is 11.5. The number of carbonyl (C=O) groups is 3. The quantitative estimate of drug-likeness (QED) is 0.0796. The minimum atomic E-state index is -1.14. The topological polar surface area (TPSA) is 151 Å². The first-order chi connectivity index (χ1) is 26.8. The zero-order chi connectivity index (χ0) is 39.8. The van der Waals surface area contributed by atoms with E-state index in [2.05, 4.69) is 38.5 Å². The van der Waals surface area contributed by atoms with Crippen LogP contribution in [0.25, 0.3) is 22.2 Å². The van der Waals surface area contributed by atoms with E-state index in [1.165, 1.54) is 4.90 Å². The summed E-state index contributed by atoms with van der Waals surface area (Å²) in [5.74, 6) is 0.299. The number of nitrogens with one attached hydrogen (secondary N) is 3. The van der Waals surface area contributed by atoms with Gasteiger partial charge in [-0.1, -0.05) is 98.0 Å². The molecule has 0 bridgehead atoms. The molecule has 1 aromatic heterocycles. The summed E-state index contributed by atoms with van der Waals surface area (Å²) in [6, 6.07) is 23.3. The van der Waals surface area contributed by atoms with Crippen LogP contribution >= 0.6 is 22.6 Å². The SMILES string of the molecule is CCOC(=O)[C@@]1(NC(=O)[C@@H]2C[C@@H](Oc3cc(-c4ccccc4)nc4cc(OC)ccc34)CN2C(=O)N[C@H](CN[C@H]2c3ccccc3C[C@H]2O)C(C)(C)C)C[C@H]1I. The molecular formula is C43H50IN5O7. The van der Waals surface area contributed by atoms with Crippen LogP contribution in [0.3, 0.4) is 0 Å². The first kappa shape index (κ1) is 39.8. The normalized spacial score (nSPS) is 24.6. The van der Waals surface area contributed by atoms with Crippen molar-refractivity contribution in [3.63, 3.8) is 0 Å². The highest BCUT2D eigenvalue weighted by molar-refractivity contribution is 14.1. The Balaban J connectivity index is 1.16. The molecule has 1 saturated heterocycles. The number of ether oxygens (including phenoxy) is 3. The van der Waals surface area contributed by atoms with E-state index in [9.17, 15) is 19.5 Å². The van der Waals surface area contributed by atoms with E-state index in [0.29, 0.717) is 42.1 Å². The van der Waals surface area contributed by atoms with E-state index < -0.39 is 41.7 Å². The minimum Gasteiger partial charge on any atom is -0.497 e. The lowest BCUT2D eigenvalue weighted by Gasteiger charge is -2.35. The third-order valence-corrected chi connectivity index (χ3v) is 12.6. The number of hydrogen-bond acceptors (Lipinski definition) is 9. The number of benzene rings is 3. The number of aromatic nitrogens is 1. The number of esters is 1. The summed E-state index contributed by atoms with van der Waals surface area (Å²) in [6.45, 7) is 8.56. The highest BCUT2D eigenvalue weighted by Gasteiger charge is 2.62. The molecule has 3 aromatic carbocycles. The average Bonchev–Trinajstić information content (AvgIpc) is 3.47. The largest absolute Gasteiger partial charge is 0.497 e. The van der Waals surface area contributed by atoms with Gasteiger partial charge < -0.3 is 40.2 Å². The number of halogens is 1. The second kappa shape index (κ2) is 16.2. The molecule has 3 amide bonds. The van der Waals surface area contributed by atoms with Crippen LogP contribution in [-0.4, -0.2) is 93.5 Å². The molecule has 3 aliphatic rings. The van der Waals surface area contributed by atoms with Gasteiger partial charge in [-0.2, -0.15) is 0 Å². The fourth-order valence-electron chi connectivity index (χ4n) is 7.74. The Morgan fingerprint density at radius 2 is 1.79 bits per heavy atom. The van der Waals surface area contributed by atoms with Crippen molar-refractivity contribution in [2.45, 2.75) is 86.8 Å². The summed E-state index contributed by atoms with van der Waals surface area (Å²) in [5.41, 5.74) is 2.92. The van der Waals surface area contributed by atoms with Gasteiger partial charge in [0.15, 0.2) is 5.54 Å². The summed E-state index contributed by atoms with van der Waals surface area (Å²) in [6.07, 6.45) is 0.0350. The highest BCUT2D eigenvalue weighted by Crippen LogP contribution is 2.45. The number of alkyl halides is 1. The van der Waals surface area contributed by atoms with Gasteiger partial charge in [0, 0.05) is 52.4 Å². The predicted molar refractivity (Wildman–Crippen MR) is 222 cm³/mol. The summed E-state index contributed by atoms with van der Waals surface area (Å²) >= 11 is 2.16. The Bertz CT molecular complexity index is 2090. The maximum atomic E-state index is 14.5. The van der Waals surface area contributed by atoms with Crippen LogP contribution in [0.1, 0.15) is 57.7 Å². The number of urea groups is 1. The first-order valence-electron chi connectivity index (χ1n) is 19.2. The number of nitrogens with zero attached hydrogens (tertiary/aromatic N) is 2. The Morgan fingerprint density at radius 3 is 2.48 bits per heavy atom. The van der Waals surface area contributed by atoms with Gasteiger partial charge >= 0.3 is 12.0 Å². The maximum absolute atomic E-state index is 14.5. The van der Waals surface area contributed by atoms with Crippen molar-refractivity contribution in [3.8, 4) is 22.8 Å². The van der Waals surface area contributed by atoms with Gasteiger partial charge in [0.05, 0.1) is 43.6 Å². The van der Waals surface area contributed by atoms with Gasteiger partial charge in [-0.15, -0.1) is 0 Å². The van der Waals surface area contributed by atoms with Crippen molar-refractivity contribution in [3.05, 3.63) is 90.0 Å². The standard InChI is InChI=1S/C43H50IN5O7/c1-6-55-40(52)43(22-36(43)44)48-39(51)33-20-28(56-35-21-31(25-12-8-7-9-13-25)46-32-19-27(54-5)16-17-30(32)35)24-49(33)41(53)47-37(42(2,3)4)23-45-38-29-15-11-10-14-26(29)18-34(38)50/h7-17,19,21,28,33-34,36-38,45,50H,6,18,20,22-24H2,1-5H3,(H,47,53)(H,48,51)/t28-,33+,34-,36-,37-,38+,43-/m1/s1. The van der Waals surface area contributed by atoms with Gasteiger partial charge in [0.25, 0.3) is 0 Å². The number of aliphatic hydroxyl groups excluding tert-OH is 1. The number of amides is 3. The lowest BCUT2D eigenvalue weighted by Crippen LogP contribution is -2.58. The monoisotopic (exact) mass is 875 g/mol. The molecule has 4 N–H and O–H groups in total. The zero-order valence-corrected chi connectivity index (χ0v) is 34.5. The van der Waals surface area contributed by atoms with Gasteiger partial charge in [0.2, 0.25) is 5.91 Å². The van der Waals surface area contributed by atoms with Crippen molar-refractivity contribution >= 4 is 51.4 Å². The lowest BCUT2D eigenvalue weighted by atomic mass is 9.86. The average molecular weight is 876 g/mol. The van der Waals surface area contributed by atoms with Gasteiger partial charge in [-0.3, -0.25) is 4.79 Å². The molecule has 0 radical (unpaired) electrons. The van der Waals surface area contributed by atoms with E-state index in [1.54, 1.807) is 14.0 Å². The lowest BCUT2D eigenvalue weighted by molar-refractivity contribution is -0.149. The van der Waals surface area contributed by atoms with E-state index in [0.717, 1.165) is 22.1 Å². The Morgan fingerprint density at radius 1 is 1.05 bits per heavy atom. The maximum Gasteiger partial charge on any atom is 0.332 e. The van der Waals surface area contributed by atoms with Crippen LogP contribution in [0.15, 0.2) is 78.9 Å². The smallest absolute Gasteiger partial charge is 0.332 e. The molecule has 2 heterocycles. The summed E-state index contributed by atoms with van der Waals surface area (Å²) in [7, 11) is 1.61. The van der Waals surface area contributed by atoms with Crippen molar-refractivity contribution in [2.24, 2.45) is 5.41 Å². The summed E-state index contributed by atoms with van der Waals surface area (Å²) in [4.78, 5) is 48.2. The molecule has 13 heteroatoms. The molecule has 0 spiro atoms. The third-order valence-electron chi connectivity index (χ3n) is 11.1. The van der Waals surface area contributed by atoms with Gasteiger partial charge in [-0.05, 0) is 42.0 Å². The summed E-state index contributed by atoms with van der Waals surface area (Å²) in [5, 5.41) is 21.4. The first-order valence-corrected chi connectivity index (χ1v) is 20.5. The van der Waals surface area contributed by atoms with Crippen LogP contribution in [-0.2, 0) is 20.7 Å². The molecule has 7 atom stereocenters. The molecular weight excluding hydrogens is 825 g/mol. The van der Waals surface area contributed by atoms with Crippen molar-refractivity contribution in [1.29, 1.82) is 0 Å². The van der Waals surface area contributed by atoms with Crippen molar-refractivity contribution in [2.75, 3.05) is 26.8 Å². The number of hydrogen-bond donors (Lipinski definition) is 4. The van der Waals surface area contributed by atoms with Crippen molar-refractivity contribution < 1.29 is 33.7 Å².